The van der Waals surface area contributed by atoms with Crippen molar-refractivity contribution in [2.24, 2.45) is 0 Å². The number of ketones is 2. The SMILES string of the molecule is O=C(Cc1cc(Cc2ccccc2F)cs1)C(=O)c1ncn[nH]1. The van der Waals surface area contributed by atoms with Crippen LogP contribution in [0.3, 0.4) is 0 Å². The van der Waals surface area contributed by atoms with Crippen molar-refractivity contribution in [2.45, 2.75) is 12.8 Å². The van der Waals surface area contributed by atoms with Crippen molar-refractivity contribution in [1.29, 1.82) is 0 Å². The maximum absolute atomic E-state index is 13.6. The lowest BCUT2D eigenvalue weighted by Gasteiger charge is -2.00. The molecule has 0 saturated heterocycles. The van der Waals surface area contributed by atoms with Crippen molar-refractivity contribution >= 4 is 22.9 Å². The molecule has 0 atom stereocenters. The molecule has 0 aliphatic rings. The molecule has 116 valence electrons. The van der Waals surface area contributed by atoms with Gasteiger partial charge in [-0.15, -0.1) is 11.3 Å². The second-order valence-corrected chi connectivity index (χ2v) is 5.95. The molecule has 0 fully saturated rings. The summed E-state index contributed by atoms with van der Waals surface area (Å²) >= 11 is 1.38. The molecule has 0 saturated carbocycles. The molecule has 0 unspecified atom stereocenters. The Balaban J connectivity index is 1.67. The first-order valence-corrected chi connectivity index (χ1v) is 7.74. The van der Waals surface area contributed by atoms with E-state index < -0.39 is 11.6 Å². The largest absolute Gasteiger partial charge is 0.290 e. The quantitative estimate of drug-likeness (QED) is 0.557. The van der Waals surface area contributed by atoms with Crippen molar-refractivity contribution in [2.75, 3.05) is 0 Å². The minimum Gasteiger partial charge on any atom is -0.290 e. The van der Waals surface area contributed by atoms with Gasteiger partial charge in [0.2, 0.25) is 5.78 Å². The third-order valence-corrected chi connectivity index (χ3v) is 4.26. The van der Waals surface area contributed by atoms with Gasteiger partial charge in [-0.25, -0.2) is 9.37 Å². The average Bonchev–Trinajstić information content (AvgIpc) is 3.21. The van der Waals surface area contributed by atoms with Crippen LogP contribution in [0.15, 0.2) is 42.0 Å². The monoisotopic (exact) mass is 329 g/mol. The predicted octanol–water partition coefficient (Wildman–Crippen LogP) is 2.59. The number of halogens is 1. The van der Waals surface area contributed by atoms with Gasteiger partial charge >= 0.3 is 0 Å². The smallest absolute Gasteiger partial charge is 0.265 e. The Morgan fingerprint density at radius 3 is 2.83 bits per heavy atom. The minimum atomic E-state index is -0.688. The first-order chi connectivity index (χ1) is 11.1. The topological polar surface area (TPSA) is 75.7 Å². The van der Waals surface area contributed by atoms with Crippen LogP contribution in [-0.2, 0) is 17.6 Å². The van der Waals surface area contributed by atoms with E-state index in [9.17, 15) is 14.0 Å². The number of hydrogen-bond donors (Lipinski definition) is 1. The molecular weight excluding hydrogens is 317 g/mol. The second-order valence-electron chi connectivity index (χ2n) is 4.95. The summed E-state index contributed by atoms with van der Waals surface area (Å²) in [5, 5.41) is 7.80. The molecule has 0 spiro atoms. The zero-order valence-electron chi connectivity index (χ0n) is 12.0. The first kappa shape index (κ1) is 15.2. The third-order valence-electron chi connectivity index (χ3n) is 3.28. The van der Waals surface area contributed by atoms with E-state index in [4.69, 9.17) is 0 Å². The molecule has 0 amide bonds. The average molecular weight is 329 g/mol. The Hall–Kier alpha value is -2.67. The fourth-order valence-electron chi connectivity index (χ4n) is 2.16. The van der Waals surface area contributed by atoms with Gasteiger partial charge in [0.15, 0.2) is 5.82 Å². The van der Waals surface area contributed by atoms with E-state index in [1.807, 2.05) is 11.4 Å². The van der Waals surface area contributed by atoms with Gasteiger partial charge in [0.25, 0.3) is 5.78 Å². The number of aromatic amines is 1. The fourth-order valence-corrected chi connectivity index (χ4v) is 3.05. The zero-order valence-corrected chi connectivity index (χ0v) is 12.8. The number of hydrogen-bond acceptors (Lipinski definition) is 5. The van der Waals surface area contributed by atoms with Crippen LogP contribution in [0.4, 0.5) is 4.39 Å². The van der Waals surface area contributed by atoms with Gasteiger partial charge in [-0.2, -0.15) is 5.10 Å². The highest BCUT2D eigenvalue weighted by molar-refractivity contribution is 7.10. The molecule has 7 heteroatoms. The van der Waals surface area contributed by atoms with Gasteiger partial charge < -0.3 is 0 Å². The van der Waals surface area contributed by atoms with E-state index in [0.29, 0.717) is 12.0 Å². The summed E-state index contributed by atoms with van der Waals surface area (Å²) < 4.78 is 13.6. The van der Waals surface area contributed by atoms with E-state index in [2.05, 4.69) is 15.2 Å². The summed E-state index contributed by atoms with van der Waals surface area (Å²) in [5.41, 5.74) is 1.51. The van der Waals surface area contributed by atoms with Crippen LogP contribution >= 0.6 is 11.3 Å². The molecule has 1 N–H and O–H groups in total. The Labute approximate surface area is 135 Å². The number of aromatic nitrogens is 3. The molecule has 2 heterocycles. The fraction of sp³-hybridized carbons (Fsp3) is 0.125. The molecular formula is C16H12FN3O2S. The van der Waals surface area contributed by atoms with Crippen LogP contribution in [0.5, 0.6) is 0 Å². The highest BCUT2D eigenvalue weighted by atomic mass is 32.1. The number of Topliss-reactive ketones (excluding diaryl/α,β-unsaturated/α-hetero) is 2. The van der Waals surface area contributed by atoms with Crippen molar-refractivity contribution in [3.63, 3.8) is 0 Å². The van der Waals surface area contributed by atoms with E-state index in [1.165, 1.54) is 23.7 Å². The van der Waals surface area contributed by atoms with E-state index in [-0.39, 0.29) is 18.1 Å². The molecule has 5 nitrogen and oxygen atoms in total. The summed E-state index contributed by atoms with van der Waals surface area (Å²) in [4.78, 5) is 28.2. The number of rotatable bonds is 6. The highest BCUT2D eigenvalue weighted by Crippen LogP contribution is 2.20. The van der Waals surface area contributed by atoms with Gasteiger partial charge in [-0.3, -0.25) is 14.7 Å². The highest BCUT2D eigenvalue weighted by Gasteiger charge is 2.20. The summed E-state index contributed by atoms with van der Waals surface area (Å²) in [7, 11) is 0. The maximum atomic E-state index is 13.6. The molecule has 3 rings (SSSR count). The maximum Gasteiger partial charge on any atom is 0.265 e. The number of carbonyl (C=O) groups excluding carboxylic acids is 2. The number of carbonyl (C=O) groups is 2. The van der Waals surface area contributed by atoms with Gasteiger partial charge in [0, 0.05) is 17.7 Å². The Bertz CT molecular complexity index is 843. The number of nitrogens with zero attached hydrogens (tertiary/aromatic N) is 2. The number of benzene rings is 1. The Kier molecular flexibility index (Phi) is 4.38. The Morgan fingerprint density at radius 1 is 1.26 bits per heavy atom. The van der Waals surface area contributed by atoms with Crippen LogP contribution in [0.1, 0.15) is 26.6 Å². The lowest BCUT2D eigenvalue weighted by atomic mass is 10.1. The number of nitrogens with one attached hydrogen (secondary N) is 1. The minimum absolute atomic E-state index is 0.00146. The van der Waals surface area contributed by atoms with Crippen LogP contribution in [0.25, 0.3) is 0 Å². The van der Waals surface area contributed by atoms with E-state index >= 15 is 0 Å². The molecule has 0 aliphatic heterocycles. The molecule has 0 radical (unpaired) electrons. The normalized spacial score (nSPS) is 10.7. The van der Waals surface area contributed by atoms with Crippen LogP contribution < -0.4 is 0 Å². The number of thiophene rings is 1. The first-order valence-electron chi connectivity index (χ1n) is 6.86. The van der Waals surface area contributed by atoms with Crippen LogP contribution in [-0.4, -0.2) is 26.7 Å². The molecule has 3 aromatic rings. The second kappa shape index (κ2) is 6.62. The summed E-state index contributed by atoms with van der Waals surface area (Å²) in [5.74, 6) is -1.55. The van der Waals surface area contributed by atoms with E-state index in [1.54, 1.807) is 18.2 Å². The molecule has 1 aromatic carbocycles. The zero-order chi connectivity index (χ0) is 16.2. The Morgan fingerprint density at radius 2 is 2.09 bits per heavy atom. The standard InChI is InChI=1S/C16H12FN3O2S/c17-13-4-2-1-3-11(13)5-10-6-12(23-8-10)7-14(21)15(22)16-18-9-19-20-16/h1-4,6,8-9H,5,7H2,(H,18,19,20). The van der Waals surface area contributed by atoms with Gasteiger partial charge in [0.05, 0.1) is 0 Å². The van der Waals surface area contributed by atoms with Crippen molar-refractivity contribution < 1.29 is 14.0 Å². The predicted molar refractivity (Wildman–Crippen MR) is 82.9 cm³/mol. The van der Waals surface area contributed by atoms with Crippen molar-refractivity contribution in [3.05, 3.63) is 69.7 Å². The van der Waals surface area contributed by atoms with E-state index in [0.717, 1.165) is 10.4 Å². The van der Waals surface area contributed by atoms with Crippen LogP contribution in [0.2, 0.25) is 0 Å². The molecule has 0 bridgehead atoms. The van der Waals surface area contributed by atoms with Gasteiger partial charge in [-0.05, 0) is 28.6 Å². The summed E-state index contributed by atoms with van der Waals surface area (Å²) in [6, 6.07) is 8.40. The molecule has 2 aromatic heterocycles. The van der Waals surface area contributed by atoms with Gasteiger partial charge in [0.1, 0.15) is 12.1 Å². The van der Waals surface area contributed by atoms with Crippen molar-refractivity contribution in [3.8, 4) is 0 Å². The van der Waals surface area contributed by atoms with Crippen molar-refractivity contribution in [1.82, 2.24) is 15.2 Å². The lowest BCUT2D eigenvalue weighted by molar-refractivity contribution is -0.114. The molecule has 23 heavy (non-hydrogen) atoms. The molecule has 0 aliphatic carbocycles. The van der Waals surface area contributed by atoms with Gasteiger partial charge in [-0.1, -0.05) is 18.2 Å². The summed E-state index contributed by atoms with van der Waals surface area (Å²) in [6.07, 6.45) is 1.63. The lowest BCUT2D eigenvalue weighted by Crippen LogP contribution is -2.17. The third kappa shape index (κ3) is 3.57. The van der Waals surface area contributed by atoms with Crippen LogP contribution in [0, 0.1) is 5.82 Å². The number of H-pyrrole nitrogens is 1. The summed E-state index contributed by atoms with van der Waals surface area (Å²) in [6.45, 7) is 0.